The minimum absolute atomic E-state index is 0.0277. The van der Waals surface area contributed by atoms with Crippen LogP contribution >= 0.6 is 0 Å². The minimum Gasteiger partial charge on any atom is -0.393 e. The van der Waals surface area contributed by atoms with E-state index in [1.54, 1.807) is 0 Å². The molecule has 1 nitrogen and oxygen atoms in total. The van der Waals surface area contributed by atoms with Crippen LogP contribution in [0.5, 0.6) is 0 Å². The Labute approximate surface area is 99.6 Å². The number of rotatable bonds is 5. The predicted octanol–water partition coefficient (Wildman–Crippen LogP) is 3.47. The van der Waals surface area contributed by atoms with Crippen molar-refractivity contribution in [2.45, 2.75) is 58.5 Å². The van der Waals surface area contributed by atoms with Gasteiger partial charge in [-0.2, -0.15) is 0 Å². The van der Waals surface area contributed by atoms with E-state index in [-0.39, 0.29) is 6.10 Å². The molecule has 1 N–H and O–H groups in total. The lowest BCUT2D eigenvalue weighted by Gasteiger charge is -2.18. The molecule has 0 spiro atoms. The van der Waals surface area contributed by atoms with Crippen LogP contribution in [0.15, 0.2) is 0 Å². The maximum absolute atomic E-state index is 10.4. The van der Waals surface area contributed by atoms with Gasteiger partial charge in [-0.15, -0.1) is 0 Å². The third-order valence-corrected chi connectivity index (χ3v) is 5.66. The second kappa shape index (κ2) is 4.01. The van der Waals surface area contributed by atoms with Crippen LogP contribution in [-0.2, 0) is 0 Å². The van der Waals surface area contributed by atoms with Crippen LogP contribution in [0, 0.1) is 35.5 Å². The van der Waals surface area contributed by atoms with Crippen LogP contribution in [0.25, 0.3) is 0 Å². The Balaban J connectivity index is 1.52. The summed E-state index contributed by atoms with van der Waals surface area (Å²) in [5.41, 5.74) is 0. The van der Waals surface area contributed by atoms with Gasteiger partial charge in [-0.05, 0) is 61.2 Å². The highest BCUT2D eigenvalue weighted by atomic mass is 16.3. The van der Waals surface area contributed by atoms with E-state index in [9.17, 15) is 5.11 Å². The molecule has 3 saturated carbocycles. The van der Waals surface area contributed by atoms with Gasteiger partial charge in [-0.1, -0.05) is 26.7 Å². The van der Waals surface area contributed by atoms with Crippen LogP contribution < -0.4 is 0 Å². The summed E-state index contributed by atoms with van der Waals surface area (Å²) < 4.78 is 0. The first-order valence-corrected chi connectivity index (χ1v) is 7.40. The van der Waals surface area contributed by atoms with Gasteiger partial charge in [0.15, 0.2) is 0 Å². The van der Waals surface area contributed by atoms with Crippen LogP contribution in [0.2, 0.25) is 0 Å². The van der Waals surface area contributed by atoms with Crippen molar-refractivity contribution in [1.29, 1.82) is 0 Å². The average molecular weight is 222 g/mol. The normalized spacial score (nSPS) is 47.8. The van der Waals surface area contributed by atoms with Gasteiger partial charge in [-0.25, -0.2) is 0 Å². The molecule has 3 rings (SSSR count). The molecule has 0 aromatic heterocycles. The number of hydrogen-bond acceptors (Lipinski definition) is 1. The van der Waals surface area contributed by atoms with Gasteiger partial charge in [-0.3, -0.25) is 0 Å². The van der Waals surface area contributed by atoms with E-state index >= 15 is 0 Å². The molecule has 0 amide bonds. The molecule has 6 unspecified atom stereocenters. The summed E-state index contributed by atoms with van der Waals surface area (Å²) >= 11 is 0. The molecule has 0 heterocycles. The molecule has 16 heavy (non-hydrogen) atoms. The summed E-state index contributed by atoms with van der Waals surface area (Å²) in [6.07, 6.45) is 8.08. The predicted molar refractivity (Wildman–Crippen MR) is 66.0 cm³/mol. The highest BCUT2D eigenvalue weighted by Crippen LogP contribution is 2.70. The highest BCUT2D eigenvalue weighted by Gasteiger charge is 2.66. The molecule has 0 aliphatic heterocycles. The molecule has 0 saturated heterocycles. The summed E-state index contributed by atoms with van der Waals surface area (Å²) in [4.78, 5) is 0. The standard InChI is InChI=1S/C15H26O/c1-3-4-9(2)7-12(16)15-13-10-5-6-11(8-10)14(13)15/h9-16H,3-8H2,1-2H3. The fraction of sp³-hybridized carbons (Fsp3) is 1.00. The Morgan fingerprint density at radius 2 is 1.81 bits per heavy atom. The Morgan fingerprint density at radius 1 is 1.19 bits per heavy atom. The number of hydrogen-bond donors (Lipinski definition) is 1. The maximum atomic E-state index is 10.4. The van der Waals surface area contributed by atoms with E-state index < -0.39 is 0 Å². The summed E-state index contributed by atoms with van der Waals surface area (Å²) in [5.74, 6) is 5.35. The van der Waals surface area contributed by atoms with Crippen molar-refractivity contribution in [3.05, 3.63) is 0 Å². The van der Waals surface area contributed by atoms with Crippen molar-refractivity contribution < 1.29 is 5.11 Å². The van der Waals surface area contributed by atoms with Gasteiger partial charge in [0.2, 0.25) is 0 Å². The van der Waals surface area contributed by atoms with Crippen molar-refractivity contribution in [1.82, 2.24) is 0 Å². The summed E-state index contributed by atoms with van der Waals surface area (Å²) in [7, 11) is 0. The van der Waals surface area contributed by atoms with Crippen molar-refractivity contribution >= 4 is 0 Å². The molecule has 1 heteroatoms. The highest BCUT2D eigenvalue weighted by molar-refractivity contribution is 5.14. The Kier molecular flexibility index (Phi) is 2.78. The summed E-state index contributed by atoms with van der Waals surface area (Å²) in [5, 5.41) is 10.4. The van der Waals surface area contributed by atoms with Crippen LogP contribution in [0.3, 0.4) is 0 Å². The van der Waals surface area contributed by atoms with Crippen molar-refractivity contribution in [3.8, 4) is 0 Å². The first kappa shape index (κ1) is 11.1. The average Bonchev–Trinajstić information content (AvgIpc) is 2.69. The fourth-order valence-electron chi connectivity index (χ4n) is 5.09. The molecule has 6 atom stereocenters. The number of aliphatic hydroxyl groups is 1. The molecule has 3 fully saturated rings. The van der Waals surface area contributed by atoms with Crippen LogP contribution in [-0.4, -0.2) is 11.2 Å². The zero-order chi connectivity index (χ0) is 11.3. The third kappa shape index (κ3) is 1.63. The van der Waals surface area contributed by atoms with Gasteiger partial charge in [0.25, 0.3) is 0 Å². The second-order valence-corrected chi connectivity index (χ2v) is 6.76. The SMILES string of the molecule is CCCC(C)CC(O)C1C2C3CCC(C3)C12. The zero-order valence-electron chi connectivity index (χ0n) is 10.7. The number of aliphatic hydroxyl groups excluding tert-OH is 1. The van der Waals surface area contributed by atoms with Gasteiger partial charge >= 0.3 is 0 Å². The first-order valence-electron chi connectivity index (χ1n) is 7.40. The quantitative estimate of drug-likeness (QED) is 0.755. The van der Waals surface area contributed by atoms with Crippen LogP contribution in [0.4, 0.5) is 0 Å². The second-order valence-electron chi connectivity index (χ2n) is 6.76. The van der Waals surface area contributed by atoms with Gasteiger partial charge < -0.3 is 5.11 Å². The molecular formula is C15H26O. The molecule has 0 aromatic carbocycles. The summed E-state index contributed by atoms with van der Waals surface area (Å²) in [6.45, 7) is 4.55. The third-order valence-electron chi connectivity index (χ3n) is 5.66. The molecule has 2 bridgehead atoms. The molecular weight excluding hydrogens is 196 g/mol. The lowest BCUT2D eigenvalue weighted by molar-refractivity contribution is 0.102. The van der Waals surface area contributed by atoms with Crippen molar-refractivity contribution in [3.63, 3.8) is 0 Å². The van der Waals surface area contributed by atoms with Gasteiger partial charge in [0.05, 0.1) is 6.10 Å². The zero-order valence-corrected chi connectivity index (χ0v) is 10.7. The smallest absolute Gasteiger partial charge is 0.0576 e. The Bertz CT molecular complexity index is 246. The van der Waals surface area contributed by atoms with E-state index in [0.717, 1.165) is 36.0 Å². The molecule has 0 aromatic rings. The Hall–Kier alpha value is -0.0400. The monoisotopic (exact) mass is 222 g/mol. The number of fused-ring (bicyclic) bond motifs is 5. The van der Waals surface area contributed by atoms with Crippen LogP contribution in [0.1, 0.15) is 52.4 Å². The van der Waals surface area contributed by atoms with Gasteiger partial charge in [0.1, 0.15) is 0 Å². The molecule has 0 radical (unpaired) electrons. The fourth-order valence-corrected chi connectivity index (χ4v) is 5.09. The van der Waals surface area contributed by atoms with E-state index in [4.69, 9.17) is 0 Å². The van der Waals surface area contributed by atoms with E-state index in [1.807, 2.05) is 0 Å². The minimum atomic E-state index is 0.0277. The lowest BCUT2D eigenvalue weighted by Crippen LogP contribution is -2.18. The van der Waals surface area contributed by atoms with Crippen molar-refractivity contribution in [2.24, 2.45) is 35.5 Å². The first-order chi connectivity index (χ1) is 7.72. The van der Waals surface area contributed by atoms with E-state index in [2.05, 4.69) is 13.8 Å². The lowest BCUT2D eigenvalue weighted by atomic mass is 9.92. The summed E-state index contributed by atoms with van der Waals surface area (Å²) in [6, 6.07) is 0. The maximum Gasteiger partial charge on any atom is 0.0576 e. The topological polar surface area (TPSA) is 20.2 Å². The largest absolute Gasteiger partial charge is 0.393 e. The van der Waals surface area contributed by atoms with Crippen molar-refractivity contribution in [2.75, 3.05) is 0 Å². The Morgan fingerprint density at radius 3 is 2.38 bits per heavy atom. The molecule has 3 aliphatic carbocycles. The molecule has 3 aliphatic rings. The van der Waals surface area contributed by atoms with E-state index in [0.29, 0.717) is 5.92 Å². The molecule has 92 valence electrons. The van der Waals surface area contributed by atoms with Gasteiger partial charge in [0, 0.05) is 0 Å². The van der Waals surface area contributed by atoms with E-state index in [1.165, 1.54) is 32.1 Å².